The third-order valence-corrected chi connectivity index (χ3v) is 6.41. The van der Waals surface area contributed by atoms with Gasteiger partial charge in [0.15, 0.2) is 0 Å². The molecule has 2 aromatic rings. The van der Waals surface area contributed by atoms with E-state index in [4.69, 9.17) is 9.47 Å². The Hall–Kier alpha value is -4.08. The van der Waals surface area contributed by atoms with Crippen molar-refractivity contribution in [2.45, 2.75) is 84.9 Å². The van der Waals surface area contributed by atoms with Crippen LogP contribution in [0.1, 0.15) is 75.3 Å². The van der Waals surface area contributed by atoms with Crippen molar-refractivity contribution in [3.63, 3.8) is 0 Å². The molecule has 0 aliphatic carbocycles. The number of carbonyl (C=O) groups excluding carboxylic acids is 4. The minimum atomic E-state index is -1.09. The lowest BCUT2D eigenvalue weighted by Crippen LogP contribution is -2.54. The number of hydrogen-bond donors (Lipinski definition) is 3. The molecule has 0 aliphatic rings. The zero-order valence-corrected chi connectivity index (χ0v) is 25.8. The Kier molecular flexibility index (Phi) is 12.8. The highest BCUT2D eigenvalue weighted by Crippen LogP contribution is 2.26. The third kappa shape index (κ3) is 11.1. The number of alkyl carbamates (subject to hydrolysis) is 1. The molecule has 0 saturated heterocycles. The summed E-state index contributed by atoms with van der Waals surface area (Å²) in [6.07, 6.45) is 1.64. The van der Waals surface area contributed by atoms with E-state index in [1.165, 1.54) is 24.1 Å². The molecule has 42 heavy (non-hydrogen) atoms. The van der Waals surface area contributed by atoms with E-state index in [2.05, 4.69) is 10.6 Å². The smallest absolute Gasteiger partial charge is 0.408 e. The van der Waals surface area contributed by atoms with Crippen molar-refractivity contribution in [2.75, 3.05) is 20.2 Å². The van der Waals surface area contributed by atoms with Gasteiger partial charge in [0, 0.05) is 13.0 Å². The van der Waals surface area contributed by atoms with E-state index in [1.54, 1.807) is 32.9 Å². The van der Waals surface area contributed by atoms with Crippen molar-refractivity contribution in [2.24, 2.45) is 0 Å². The second-order valence-corrected chi connectivity index (χ2v) is 11.4. The van der Waals surface area contributed by atoms with Crippen LogP contribution < -0.4 is 10.6 Å². The zero-order valence-electron chi connectivity index (χ0n) is 25.8. The van der Waals surface area contributed by atoms with Crippen LogP contribution in [0.25, 0.3) is 0 Å². The molecule has 0 heterocycles. The highest BCUT2D eigenvalue weighted by Gasteiger charge is 2.36. The topological polar surface area (TPSA) is 134 Å². The van der Waals surface area contributed by atoms with Crippen LogP contribution in [0.4, 0.5) is 4.79 Å². The van der Waals surface area contributed by atoms with Crippen LogP contribution in [-0.4, -0.2) is 65.7 Å². The molecule has 10 nitrogen and oxygen atoms in total. The summed E-state index contributed by atoms with van der Waals surface area (Å²) in [6, 6.07) is 9.81. The molecule has 0 spiro atoms. The Bertz CT molecular complexity index is 1200. The zero-order chi connectivity index (χ0) is 31.4. The van der Waals surface area contributed by atoms with Crippen LogP contribution >= 0.6 is 0 Å². The maximum Gasteiger partial charge on any atom is 0.408 e. The Labute approximate surface area is 248 Å². The van der Waals surface area contributed by atoms with Gasteiger partial charge in [-0.15, -0.1) is 0 Å². The predicted molar refractivity (Wildman–Crippen MR) is 160 cm³/mol. The molecule has 3 N–H and O–H groups in total. The van der Waals surface area contributed by atoms with Crippen LogP contribution in [0.5, 0.6) is 5.75 Å². The summed E-state index contributed by atoms with van der Waals surface area (Å²) in [5.41, 5.74) is 2.29. The van der Waals surface area contributed by atoms with Crippen molar-refractivity contribution in [3.8, 4) is 5.75 Å². The van der Waals surface area contributed by atoms with Gasteiger partial charge in [0.25, 0.3) is 0 Å². The number of aryl methyl sites for hydroxylation is 2. The first kappa shape index (κ1) is 34.1. The fourth-order valence-corrected chi connectivity index (χ4v) is 4.59. The number of amides is 3. The van der Waals surface area contributed by atoms with Crippen LogP contribution in [0.15, 0.2) is 42.5 Å². The summed E-state index contributed by atoms with van der Waals surface area (Å²) in [7, 11) is 1.23. The fourth-order valence-electron chi connectivity index (χ4n) is 4.59. The average molecular weight is 584 g/mol. The highest BCUT2D eigenvalue weighted by molar-refractivity contribution is 5.93. The van der Waals surface area contributed by atoms with Crippen molar-refractivity contribution in [1.82, 2.24) is 15.5 Å². The van der Waals surface area contributed by atoms with Gasteiger partial charge >= 0.3 is 12.1 Å². The van der Waals surface area contributed by atoms with Crippen molar-refractivity contribution >= 4 is 23.9 Å². The summed E-state index contributed by atoms with van der Waals surface area (Å²) in [5.74, 6) is -1.58. The number of methoxy groups -OCH3 is 1. The predicted octanol–water partition coefficient (Wildman–Crippen LogP) is 4.49. The Morgan fingerprint density at radius 1 is 0.976 bits per heavy atom. The summed E-state index contributed by atoms with van der Waals surface area (Å²) < 4.78 is 10.2. The molecule has 2 aromatic carbocycles. The summed E-state index contributed by atoms with van der Waals surface area (Å²) >= 11 is 0. The monoisotopic (exact) mass is 583 g/mol. The van der Waals surface area contributed by atoms with E-state index in [9.17, 15) is 24.3 Å². The number of nitrogens with one attached hydrogen (secondary N) is 2. The van der Waals surface area contributed by atoms with Crippen molar-refractivity contribution < 1.29 is 33.8 Å². The van der Waals surface area contributed by atoms with Gasteiger partial charge in [-0.2, -0.15) is 0 Å². The Morgan fingerprint density at radius 3 is 2.14 bits per heavy atom. The molecule has 2 rings (SSSR count). The fraction of sp³-hybridized carbons (Fsp3) is 0.500. The number of aromatic hydroxyl groups is 1. The normalized spacial score (nSPS) is 12.5. The molecule has 0 aromatic heterocycles. The first-order valence-electron chi connectivity index (χ1n) is 14.2. The largest absolute Gasteiger partial charge is 0.508 e. The van der Waals surface area contributed by atoms with E-state index >= 15 is 0 Å². The number of phenols is 1. The van der Waals surface area contributed by atoms with E-state index in [-0.39, 0.29) is 25.3 Å². The third-order valence-electron chi connectivity index (χ3n) is 6.41. The number of carbonyl (C=O) groups is 4. The average Bonchev–Trinajstić information content (AvgIpc) is 2.90. The molecule has 10 heteroatoms. The summed E-state index contributed by atoms with van der Waals surface area (Å²) in [4.78, 5) is 54.4. The van der Waals surface area contributed by atoms with E-state index < -0.39 is 41.6 Å². The Balaban J connectivity index is 2.60. The van der Waals surface area contributed by atoms with Gasteiger partial charge in [-0.05, 0) is 64.3 Å². The summed E-state index contributed by atoms with van der Waals surface area (Å²) in [5, 5.41) is 15.1. The molecular weight excluding hydrogens is 538 g/mol. The van der Waals surface area contributed by atoms with Gasteiger partial charge in [-0.25, -0.2) is 4.79 Å². The number of esters is 1. The minimum Gasteiger partial charge on any atom is -0.508 e. The van der Waals surface area contributed by atoms with Gasteiger partial charge in [-0.1, -0.05) is 61.2 Å². The molecule has 0 radical (unpaired) electrons. The number of rotatable bonds is 13. The molecule has 3 amide bonds. The van der Waals surface area contributed by atoms with E-state index in [1.807, 2.05) is 39.0 Å². The van der Waals surface area contributed by atoms with Crippen LogP contribution in [-0.2, 0) is 30.3 Å². The number of unbranched alkanes of at least 4 members (excludes halogenated alkanes) is 2. The van der Waals surface area contributed by atoms with Gasteiger partial charge in [0.1, 0.15) is 30.0 Å². The first-order valence-corrected chi connectivity index (χ1v) is 14.2. The van der Waals surface area contributed by atoms with Crippen molar-refractivity contribution in [1.29, 1.82) is 0 Å². The highest BCUT2D eigenvalue weighted by atomic mass is 16.6. The second-order valence-electron chi connectivity index (χ2n) is 11.4. The maximum absolute atomic E-state index is 14.4. The molecule has 0 fully saturated rings. The number of hydrogen-bond acceptors (Lipinski definition) is 7. The van der Waals surface area contributed by atoms with Gasteiger partial charge in [0.05, 0.1) is 7.11 Å². The molecule has 0 bridgehead atoms. The van der Waals surface area contributed by atoms with E-state index in [0.29, 0.717) is 17.5 Å². The second kappa shape index (κ2) is 15.8. The lowest BCUT2D eigenvalue weighted by atomic mass is 9.97. The van der Waals surface area contributed by atoms with Gasteiger partial charge in [0.2, 0.25) is 11.8 Å². The molecule has 2 unspecified atom stereocenters. The molecule has 2 atom stereocenters. The standard InChI is InChI=1S/C32H45N3O7/c1-8-9-10-15-35(28(29(38)33-20-27(37)41-7)24-17-21(2)16-22(3)18-24)30(39)26(34-31(40)42-32(4,5)6)19-23-11-13-25(36)14-12-23/h11-14,16-18,26,28,36H,8-10,15,19-20H2,1-7H3,(H,33,38)(H,34,40). The number of benzene rings is 2. The molecule has 0 saturated carbocycles. The number of nitrogens with zero attached hydrogens (tertiary/aromatic N) is 1. The summed E-state index contributed by atoms with van der Waals surface area (Å²) in [6.45, 7) is 10.9. The SMILES string of the molecule is CCCCCN(C(=O)C(Cc1ccc(O)cc1)NC(=O)OC(C)(C)C)C(C(=O)NCC(=O)OC)c1cc(C)cc(C)c1. The molecular formula is C32H45N3O7. The van der Waals surface area contributed by atoms with Crippen LogP contribution in [0.2, 0.25) is 0 Å². The quantitative estimate of drug-likeness (QED) is 0.234. The lowest BCUT2D eigenvalue weighted by molar-refractivity contribution is -0.144. The van der Waals surface area contributed by atoms with Crippen LogP contribution in [0.3, 0.4) is 0 Å². The number of ether oxygens (including phenoxy) is 2. The lowest BCUT2D eigenvalue weighted by Gasteiger charge is -2.35. The minimum absolute atomic E-state index is 0.0695. The van der Waals surface area contributed by atoms with Gasteiger partial charge < -0.3 is 30.1 Å². The van der Waals surface area contributed by atoms with E-state index in [0.717, 1.165) is 24.0 Å². The molecule has 0 aliphatic heterocycles. The maximum atomic E-state index is 14.4. The van der Waals surface area contributed by atoms with Crippen molar-refractivity contribution in [3.05, 3.63) is 64.7 Å². The molecule has 230 valence electrons. The van der Waals surface area contributed by atoms with Crippen LogP contribution in [0, 0.1) is 13.8 Å². The first-order chi connectivity index (χ1) is 19.7. The Morgan fingerprint density at radius 2 is 1.60 bits per heavy atom. The van der Waals surface area contributed by atoms with Gasteiger partial charge in [-0.3, -0.25) is 14.4 Å². The number of phenolic OH excluding ortho intramolecular Hbond substituents is 1.